The molecule has 1 aromatic heterocycles. The van der Waals surface area contributed by atoms with E-state index in [-0.39, 0.29) is 29.7 Å². The number of nitrogens with zero attached hydrogens (tertiary/aromatic N) is 2. The van der Waals surface area contributed by atoms with Crippen molar-refractivity contribution in [2.75, 3.05) is 6.54 Å². The number of carbonyl (C=O) groups is 1. The van der Waals surface area contributed by atoms with Crippen molar-refractivity contribution in [1.29, 1.82) is 0 Å². The predicted molar refractivity (Wildman–Crippen MR) is 79.9 cm³/mol. The summed E-state index contributed by atoms with van der Waals surface area (Å²) in [5, 5.41) is 6.36. The van der Waals surface area contributed by atoms with E-state index in [0.29, 0.717) is 12.6 Å². The number of halogens is 1. The van der Waals surface area contributed by atoms with Gasteiger partial charge in [0.2, 0.25) is 0 Å². The first-order valence-electron chi connectivity index (χ1n) is 5.45. The number of pyridine rings is 1. The molecule has 0 fully saturated rings. The summed E-state index contributed by atoms with van der Waals surface area (Å²) in [5.41, 5.74) is 6.35. The fourth-order valence-electron chi connectivity index (χ4n) is 1.52. The minimum absolute atomic E-state index is 0. The second-order valence-electron chi connectivity index (χ2n) is 4.00. The Morgan fingerprint density at radius 1 is 1.61 bits per heavy atom. The van der Waals surface area contributed by atoms with E-state index < -0.39 is 5.91 Å². The highest BCUT2D eigenvalue weighted by molar-refractivity contribution is 14.0. The highest BCUT2D eigenvalue weighted by Gasteiger charge is 2.11. The van der Waals surface area contributed by atoms with Crippen molar-refractivity contribution in [1.82, 2.24) is 15.6 Å². The molecule has 1 aliphatic heterocycles. The van der Waals surface area contributed by atoms with E-state index in [1.54, 1.807) is 12.3 Å². The zero-order chi connectivity index (χ0) is 12.3. The molecule has 0 spiro atoms. The molecule has 1 amide bonds. The lowest BCUT2D eigenvalue weighted by atomic mass is 10.2. The molecule has 0 aliphatic carbocycles. The van der Waals surface area contributed by atoms with Gasteiger partial charge < -0.3 is 16.4 Å². The molecular weight excluding hydrogens is 345 g/mol. The van der Waals surface area contributed by atoms with E-state index in [9.17, 15) is 4.79 Å². The number of guanidine groups is 1. The first kappa shape index (κ1) is 14.7. The normalized spacial score (nSPS) is 17.4. The van der Waals surface area contributed by atoms with Crippen LogP contribution >= 0.6 is 24.0 Å². The maximum Gasteiger partial charge on any atom is 0.267 e. The summed E-state index contributed by atoms with van der Waals surface area (Å²) < 4.78 is 0. The van der Waals surface area contributed by atoms with Crippen molar-refractivity contribution >= 4 is 35.8 Å². The Morgan fingerprint density at radius 2 is 2.39 bits per heavy atom. The molecule has 0 aromatic carbocycles. The largest absolute Gasteiger partial charge is 0.364 e. The van der Waals surface area contributed by atoms with Crippen LogP contribution in [0.15, 0.2) is 23.3 Å². The molecule has 2 heterocycles. The molecule has 0 bridgehead atoms. The Morgan fingerprint density at radius 3 is 2.89 bits per heavy atom. The van der Waals surface area contributed by atoms with Gasteiger partial charge in [-0.25, -0.2) is 0 Å². The van der Waals surface area contributed by atoms with E-state index in [2.05, 4.69) is 27.5 Å². The SMILES string of the molecule is CC1CN=C(NCc2ccc(C(N)=O)nc2)N1.I. The zero-order valence-electron chi connectivity index (χ0n) is 10.0. The molecule has 0 radical (unpaired) electrons. The van der Waals surface area contributed by atoms with Crippen LogP contribution in [0, 0.1) is 0 Å². The molecule has 98 valence electrons. The molecule has 18 heavy (non-hydrogen) atoms. The lowest BCUT2D eigenvalue weighted by Crippen LogP contribution is -2.37. The number of aliphatic imine (C=N–C) groups is 1. The molecule has 6 nitrogen and oxygen atoms in total. The third-order valence-corrected chi connectivity index (χ3v) is 2.44. The van der Waals surface area contributed by atoms with Crippen molar-refractivity contribution in [3.05, 3.63) is 29.6 Å². The second kappa shape index (κ2) is 6.53. The summed E-state index contributed by atoms with van der Waals surface area (Å²) in [6.07, 6.45) is 1.63. The van der Waals surface area contributed by atoms with Crippen LogP contribution in [0.1, 0.15) is 23.0 Å². The molecule has 0 saturated carbocycles. The number of hydrogen-bond acceptors (Lipinski definition) is 5. The smallest absolute Gasteiger partial charge is 0.267 e. The van der Waals surface area contributed by atoms with Gasteiger partial charge in [0, 0.05) is 18.8 Å². The maximum absolute atomic E-state index is 10.8. The van der Waals surface area contributed by atoms with Gasteiger partial charge in [0.1, 0.15) is 5.69 Å². The van der Waals surface area contributed by atoms with Gasteiger partial charge in [-0.1, -0.05) is 6.07 Å². The molecule has 7 heteroatoms. The Labute approximate surface area is 122 Å². The number of nitrogens with one attached hydrogen (secondary N) is 2. The highest BCUT2D eigenvalue weighted by Crippen LogP contribution is 2.00. The van der Waals surface area contributed by atoms with Crippen LogP contribution in [0.5, 0.6) is 0 Å². The average molecular weight is 361 g/mol. The van der Waals surface area contributed by atoms with Gasteiger partial charge >= 0.3 is 0 Å². The lowest BCUT2D eigenvalue weighted by molar-refractivity contribution is 0.0995. The van der Waals surface area contributed by atoms with Crippen molar-refractivity contribution in [2.24, 2.45) is 10.7 Å². The quantitative estimate of drug-likeness (QED) is 0.673. The minimum Gasteiger partial charge on any atom is -0.364 e. The van der Waals surface area contributed by atoms with Gasteiger partial charge in [0.25, 0.3) is 5.91 Å². The summed E-state index contributed by atoms with van der Waals surface area (Å²) in [5.74, 6) is 0.289. The fraction of sp³-hybridized carbons (Fsp3) is 0.364. The van der Waals surface area contributed by atoms with Crippen LogP contribution in [-0.4, -0.2) is 29.4 Å². The summed E-state index contributed by atoms with van der Waals surface area (Å²) in [7, 11) is 0. The van der Waals surface area contributed by atoms with E-state index in [1.165, 1.54) is 0 Å². The van der Waals surface area contributed by atoms with Crippen molar-refractivity contribution in [2.45, 2.75) is 19.5 Å². The van der Waals surface area contributed by atoms with Crippen LogP contribution in [0.4, 0.5) is 0 Å². The van der Waals surface area contributed by atoms with Gasteiger partial charge in [0.05, 0.1) is 6.54 Å². The first-order chi connectivity index (χ1) is 8.15. The number of rotatable bonds is 3. The number of carbonyl (C=O) groups excluding carboxylic acids is 1. The number of primary amides is 1. The van der Waals surface area contributed by atoms with Gasteiger partial charge in [0.15, 0.2) is 5.96 Å². The average Bonchev–Trinajstić information content (AvgIpc) is 2.73. The van der Waals surface area contributed by atoms with Crippen LogP contribution < -0.4 is 16.4 Å². The number of aromatic nitrogens is 1. The van der Waals surface area contributed by atoms with Crippen LogP contribution in [-0.2, 0) is 6.54 Å². The molecule has 1 aromatic rings. The van der Waals surface area contributed by atoms with Gasteiger partial charge in [-0.2, -0.15) is 0 Å². The van der Waals surface area contributed by atoms with Crippen LogP contribution in [0.3, 0.4) is 0 Å². The Hall–Kier alpha value is -1.38. The summed E-state index contributed by atoms with van der Waals surface area (Å²) in [6.45, 7) is 3.48. The minimum atomic E-state index is -0.514. The third-order valence-electron chi connectivity index (χ3n) is 2.44. The zero-order valence-corrected chi connectivity index (χ0v) is 12.3. The van der Waals surface area contributed by atoms with Crippen molar-refractivity contribution in [3.63, 3.8) is 0 Å². The fourth-order valence-corrected chi connectivity index (χ4v) is 1.52. The van der Waals surface area contributed by atoms with E-state index in [1.807, 2.05) is 6.07 Å². The third kappa shape index (κ3) is 3.83. The molecular formula is C11H16IN5O. The molecule has 2 rings (SSSR count). The molecule has 1 atom stereocenters. The topological polar surface area (TPSA) is 92.4 Å². The highest BCUT2D eigenvalue weighted by atomic mass is 127. The molecule has 1 aliphatic rings. The first-order valence-corrected chi connectivity index (χ1v) is 5.45. The molecule has 4 N–H and O–H groups in total. The molecule has 0 saturated heterocycles. The van der Waals surface area contributed by atoms with Gasteiger partial charge in [-0.05, 0) is 18.6 Å². The van der Waals surface area contributed by atoms with E-state index in [4.69, 9.17) is 5.73 Å². The van der Waals surface area contributed by atoms with Crippen LogP contribution in [0.2, 0.25) is 0 Å². The summed E-state index contributed by atoms with van der Waals surface area (Å²) in [6, 6.07) is 3.82. The number of nitrogens with two attached hydrogens (primary N) is 1. The maximum atomic E-state index is 10.8. The predicted octanol–water partition coefficient (Wildman–Crippen LogP) is 0.236. The second-order valence-corrected chi connectivity index (χ2v) is 4.00. The van der Waals surface area contributed by atoms with Gasteiger partial charge in [-0.15, -0.1) is 24.0 Å². The number of amides is 1. The monoisotopic (exact) mass is 361 g/mol. The summed E-state index contributed by atoms with van der Waals surface area (Å²) >= 11 is 0. The van der Waals surface area contributed by atoms with E-state index >= 15 is 0 Å². The number of hydrogen-bond donors (Lipinski definition) is 3. The Kier molecular flexibility index (Phi) is 5.32. The summed E-state index contributed by atoms with van der Waals surface area (Å²) in [4.78, 5) is 19.1. The Balaban J connectivity index is 0.00000162. The lowest BCUT2D eigenvalue weighted by Gasteiger charge is -2.08. The molecule has 1 unspecified atom stereocenters. The van der Waals surface area contributed by atoms with Crippen LogP contribution in [0.25, 0.3) is 0 Å². The standard InChI is InChI=1S/C11H15N5O.HI/c1-7-4-14-11(16-7)15-6-8-2-3-9(10(12)17)13-5-8;/h2-3,5,7H,4,6H2,1H3,(H2,12,17)(H2,14,15,16);1H. The van der Waals surface area contributed by atoms with Crippen molar-refractivity contribution < 1.29 is 4.79 Å². The van der Waals surface area contributed by atoms with E-state index in [0.717, 1.165) is 18.1 Å². The van der Waals surface area contributed by atoms with Crippen molar-refractivity contribution in [3.8, 4) is 0 Å². The Bertz CT molecular complexity index is 445. The van der Waals surface area contributed by atoms with Gasteiger partial charge in [-0.3, -0.25) is 14.8 Å².